The lowest BCUT2D eigenvalue weighted by molar-refractivity contribution is 0.464. The fourth-order valence-corrected chi connectivity index (χ4v) is 1.21. The van der Waals surface area contributed by atoms with Gasteiger partial charge in [0.2, 0.25) is 5.88 Å². The Morgan fingerprint density at radius 2 is 2.13 bits per heavy atom. The number of benzene rings is 1. The second-order valence-corrected chi connectivity index (χ2v) is 3.27. The zero-order valence-electron chi connectivity index (χ0n) is 7.72. The lowest BCUT2D eigenvalue weighted by Gasteiger charge is -2.06. The van der Waals surface area contributed by atoms with Crippen LogP contribution in [-0.4, -0.2) is 9.97 Å². The zero-order valence-corrected chi connectivity index (χ0v) is 8.48. The first-order chi connectivity index (χ1) is 7.25. The second-order valence-electron chi connectivity index (χ2n) is 2.83. The van der Waals surface area contributed by atoms with Crippen molar-refractivity contribution in [1.82, 2.24) is 9.97 Å². The van der Waals surface area contributed by atoms with Gasteiger partial charge in [0, 0.05) is 23.4 Å². The van der Waals surface area contributed by atoms with Crippen molar-refractivity contribution in [2.24, 2.45) is 0 Å². The molecular formula is C10H8ClN3O. The van der Waals surface area contributed by atoms with Gasteiger partial charge >= 0.3 is 0 Å². The lowest BCUT2D eigenvalue weighted by atomic mass is 10.3. The van der Waals surface area contributed by atoms with Gasteiger partial charge in [0.15, 0.2) is 5.75 Å². The third-order valence-corrected chi connectivity index (χ3v) is 1.98. The summed E-state index contributed by atoms with van der Waals surface area (Å²) in [6.07, 6.45) is 2.99. The van der Waals surface area contributed by atoms with Crippen molar-refractivity contribution in [3.8, 4) is 11.6 Å². The van der Waals surface area contributed by atoms with E-state index in [2.05, 4.69) is 9.97 Å². The van der Waals surface area contributed by atoms with Gasteiger partial charge < -0.3 is 10.5 Å². The van der Waals surface area contributed by atoms with E-state index in [4.69, 9.17) is 22.1 Å². The average Bonchev–Trinajstić information content (AvgIpc) is 2.25. The van der Waals surface area contributed by atoms with Crippen molar-refractivity contribution >= 4 is 17.3 Å². The summed E-state index contributed by atoms with van der Waals surface area (Å²) in [4.78, 5) is 7.69. The number of ether oxygens (including phenoxy) is 1. The van der Waals surface area contributed by atoms with Crippen LogP contribution in [0.25, 0.3) is 0 Å². The molecule has 76 valence electrons. The minimum absolute atomic E-state index is 0.430. The SMILES string of the molecule is Nc1ccc(Cl)cc1Oc1ccncn1. The second kappa shape index (κ2) is 4.14. The van der Waals surface area contributed by atoms with Gasteiger partial charge in [-0.1, -0.05) is 11.6 Å². The number of hydrogen-bond donors (Lipinski definition) is 1. The van der Waals surface area contributed by atoms with Gasteiger partial charge in [-0.15, -0.1) is 0 Å². The maximum atomic E-state index is 5.81. The van der Waals surface area contributed by atoms with Gasteiger partial charge in [-0.2, -0.15) is 0 Å². The fourth-order valence-electron chi connectivity index (χ4n) is 1.05. The number of nitrogens with two attached hydrogens (primary N) is 1. The van der Waals surface area contributed by atoms with Crippen molar-refractivity contribution in [3.63, 3.8) is 0 Å². The molecule has 15 heavy (non-hydrogen) atoms. The van der Waals surface area contributed by atoms with Crippen LogP contribution < -0.4 is 10.5 Å². The maximum absolute atomic E-state index is 5.81. The Kier molecular flexibility index (Phi) is 2.69. The Bertz CT molecular complexity index is 461. The van der Waals surface area contributed by atoms with E-state index in [1.807, 2.05) is 0 Å². The third kappa shape index (κ3) is 2.35. The molecule has 0 aliphatic carbocycles. The minimum Gasteiger partial charge on any atom is -0.437 e. The summed E-state index contributed by atoms with van der Waals surface area (Å²) in [7, 11) is 0. The molecule has 0 amide bonds. The molecular weight excluding hydrogens is 214 g/mol. The first kappa shape index (κ1) is 9.73. The average molecular weight is 222 g/mol. The fraction of sp³-hybridized carbons (Fsp3) is 0. The van der Waals surface area contributed by atoms with Crippen molar-refractivity contribution < 1.29 is 4.74 Å². The maximum Gasteiger partial charge on any atom is 0.222 e. The predicted molar refractivity (Wildman–Crippen MR) is 58.0 cm³/mol. The Labute approximate surface area is 91.7 Å². The summed E-state index contributed by atoms with van der Waals surface area (Å²) < 4.78 is 5.43. The van der Waals surface area contributed by atoms with Gasteiger partial charge in [-0.3, -0.25) is 0 Å². The van der Waals surface area contributed by atoms with E-state index in [9.17, 15) is 0 Å². The number of nitrogens with zero attached hydrogens (tertiary/aromatic N) is 2. The van der Waals surface area contributed by atoms with Gasteiger partial charge in [-0.05, 0) is 12.1 Å². The molecule has 0 saturated heterocycles. The van der Waals surface area contributed by atoms with Crippen molar-refractivity contribution in [2.45, 2.75) is 0 Å². The van der Waals surface area contributed by atoms with Gasteiger partial charge in [0.05, 0.1) is 5.69 Å². The molecule has 0 atom stereocenters. The molecule has 2 aromatic rings. The zero-order chi connectivity index (χ0) is 10.7. The molecule has 4 nitrogen and oxygen atoms in total. The standard InChI is InChI=1S/C10H8ClN3O/c11-7-1-2-8(12)9(5-7)15-10-3-4-13-6-14-10/h1-6H,12H2. The predicted octanol–water partition coefficient (Wildman–Crippen LogP) is 2.50. The largest absolute Gasteiger partial charge is 0.437 e. The molecule has 0 saturated carbocycles. The van der Waals surface area contributed by atoms with Gasteiger partial charge in [0.1, 0.15) is 6.33 Å². The highest BCUT2D eigenvalue weighted by Crippen LogP contribution is 2.28. The van der Waals surface area contributed by atoms with Crippen molar-refractivity contribution in [2.75, 3.05) is 5.73 Å². The van der Waals surface area contributed by atoms with Crippen LogP contribution in [0.4, 0.5) is 5.69 Å². The summed E-state index contributed by atoms with van der Waals surface area (Å²) in [5.41, 5.74) is 6.22. The Morgan fingerprint density at radius 3 is 2.87 bits per heavy atom. The number of nitrogen functional groups attached to an aromatic ring is 1. The van der Waals surface area contributed by atoms with Gasteiger partial charge in [-0.25, -0.2) is 9.97 Å². The first-order valence-corrected chi connectivity index (χ1v) is 4.62. The van der Waals surface area contributed by atoms with E-state index in [1.165, 1.54) is 6.33 Å². The molecule has 1 heterocycles. The Morgan fingerprint density at radius 1 is 1.27 bits per heavy atom. The lowest BCUT2D eigenvalue weighted by Crippen LogP contribution is -1.93. The van der Waals surface area contributed by atoms with Crippen molar-refractivity contribution in [3.05, 3.63) is 41.8 Å². The smallest absolute Gasteiger partial charge is 0.222 e. The Hall–Kier alpha value is -1.81. The monoisotopic (exact) mass is 221 g/mol. The molecule has 0 bridgehead atoms. The minimum atomic E-state index is 0.430. The first-order valence-electron chi connectivity index (χ1n) is 4.24. The van der Waals surface area contributed by atoms with Crippen LogP contribution in [-0.2, 0) is 0 Å². The molecule has 5 heteroatoms. The van der Waals surface area contributed by atoms with E-state index < -0.39 is 0 Å². The quantitative estimate of drug-likeness (QED) is 0.792. The van der Waals surface area contributed by atoms with E-state index in [-0.39, 0.29) is 0 Å². The molecule has 0 radical (unpaired) electrons. The summed E-state index contributed by atoms with van der Waals surface area (Å²) in [5, 5.41) is 0.563. The van der Waals surface area contributed by atoms with Crippen LogP contribution in [0.15, 0.2) is 36.8 Å². The van der Waals surface area contributed by atoms with Crippen molar-refractivity contribution in [1.29, 1.82) is 0 Å². The Balaban J connectivity index is 2.28. The van der Waals surface area contributed by atoms with E-state index >= 15 is 0 Å². The molecule has 0 spiro atoms. The topological polar surface area (TPSA) is 61.0 Å². The normalized spacial score (nSPS) is 9.93. The molecule has 0 unspecified atom stereocenters. The number of rotatable bonds is 2. The molecule has 1 aromatic carbocycles. The van der Waals surface area contributed by atoms with Crippen LogP contribution >= 0.6 is 11.6 Å². The summed E-state index contributed by atoms with van der Waals surface area (Å²) in [6.45, 7) is 0. The molecule has 0 aliphatic heterocycles. The number of halogens is 1. The van der Waals surface area contributed by atoms with E-state index in [1.54, 1.807) is 30.5 Å². The molecule has 2 N–H and O–H groups in total. The highest BCUT2D eigenvalue weighted by atomic mass is 35.5. The summed E-state index contributed by atoms with van der Waals surface area (Å²) >= 11 is 5.81. The van der Waals surface area contributed by atoms with E-state index in [0.29, 0.717) is 22.3 Å². The highest BCUT2D eigenvalue weighted by Gasteiger charge is 2.03. The third-order valence-electron chi connectivity index (χ3n) is 1.74. The summed E-state index contributed by atoms with van der Waals surface area (Å²) in [6, 6.07) is 6.65. The molecule has 0 aliphatic rings. The van der Waals surface area contributed by atoms with Crippen LogP contribution in [0.1, 0.15) is 0 Å². The van der Waals surface area contributed by atoms with Gasteiger partial charge in [0.25, 0.3) is 0 Å². The van der Waals surface area contributed by atoms with Crippen LogP contribution in [0.2, 0.25) is 5.02 Å². The van der Waals surface area contributed by atoms with Crippen LogP contribution in [0, 0.1) is 0 Å². The molecule has 0 fully saturated rings. The van der Waals surface area contributed by atoms with Crippen LogP contribution in [0.3, 0.4) is 0 Å². The van der Waals surface area contributed by atoms with Crippen LogP contribution in [0.5, 0.6) is 11.6 Å². The number of anilines is 1. The number of aromatic nitrogens is 2. The summed E-state index contributed by atoms with van der Waals surface area (Å²) in [5.74, 6) is 0.917. The highest BCUT2D eigenvalue weighted by molar-refractivity contribution is 6.30. The molecule has 2 rings (SSSR count). The van der Waals surface area contributed by atoms with E-state index in [0.717, 1.165) is 0 Å². The number of hydrogen-bond acceptors (Lipinski definition) is 4. The molecule has 1 aromatic heterocycles.